The number of hydrogen-bond acceptors (Lipinski definition) is 8. The van der Waals surface area contributed by atoms with E-state index in [2.05, 4.69) is 16.1 Å². The molecule has 2 aliphatic heterocycles. The Morgan fingerprint density at radius 3 is 2.49 bits per heavy atom. The van der Waals surface area contributed by atoms with Crippen molar-refractivity contribution < 1.29 is 28.7 Å². The van der Waals surface area contributed by atoms with Gasteiger partial charge in [-0.3, -0.25) is 29.2 Å². The largest absolute Gasteiger partial charge is 0.449 e. The van der Waals surface area contributed by atoms with Crippen LogP contribution in [0.5, 0.6) is 0 Å². The Kier molecular flexibility index (Phi) is 9.08. The molecule has 41 heavy (non-hydrogen) atoms. The average Bonchev–Trinajstić information content (AvgIpc) is 2.96. The van der Waals surface area contributed by atoms with Gasteiger partial charge in [0.25, 0.3) is 11.8 Å². The van der Waals surface area contributed by atoms with Crippen molar-refractivity contribution in [2.24, 2.45) is 5.41 Å². The number of aromatic nitrogens is 1. The summed E-state index contributed by atoms with van der Waals surface area (Å²) < 4.78 is 11.0. The zero-order valence-electron chi connectivity index (χ0n) is 24.4. The molecular weight excluding hydrogens is 526 g/mol. The highest BCUT2D eigenvalue weighted by atomic mass is 16.6. The fourth-order valence-corrected chi connectivity index (χ4v) is 4.73. The third kappa shape index (κ3) is 6.91. The molecule has 3 amide bonds. The molecule has 1 fully saturated rings. The van der Waals surface area contributed by atoms with E-state index >= 15 is 0 Å². The number of methoxy groups -OCH3 is 1. The highest BCUT2D eigenvalue weighted by molar-refractivity contribution is 5.92. The molecule has 1 aromatic carbocycles. The first-order valence-electron chi connectivity index (χ1n) is 13.9. The number of amides is 3. The molecule has 11 heteroatoms. The number of nitrogens with one attached hydrogen (secondary N) is 3. The van der Waals surface area contributed by atoms with Crippen molar-refractivity contribution in [1.29, 1.82) is 0 Å². The monoisotopic (exact) mass is 565 g/mol. The van der Waals surface area contributed by atoms with Crippen LogP contribution in [0.2, 0.25) is 0 Å². The maximum atomic E-state index is 13.2. The molecule has 11 nitrogen and oxygen atoms in total. The summed E-state index contributed by atoms with van der Waals surface area (Å²) in [7, 11) is 1.41. The van der Waals surface area contributed by atoms with Gasteiger partial charge in [0.05, 0.1) is 22.7 Å². The van der Waals surface area contributed by atoms with Gasteiger partial charge >= 0.3 is 5.97 Å². The van der Waals surface area contributed by atoms with E-state index < -0.39 is 47.5 Å². The number of carbonyl (C=O) groups excluding carboxylic acids is 4. The third-order valence-corrected chi connectivity index (χ3v) is 7.55. The van der Waals surface area contributed by atoms with Gasteiger partial charge in [0.15, 0.2) is 0 Å². The van der Waals surface area contributed by atoms with Crippen LogP contribution in [-0.4, -0.2) is 71.6 Å². The summed E-state index contributed by atoms with van der Waals surface area (Å²) >= 11 is 0. The number of nitrogens with zero attached hydrogens (tertiary/aromatic N) is 2. The minimum Gasteiger partial charge on any atom is -0.449 e. The number of fused-ring (bicyclic) bond motifs is 4. The molecule has 5 bridgehead atoms. The van der Waals surface area contributed by atoms with Crippen LogP contribution in [0.1, 0.15) is 64.8 Å². The number of ether oxygens (including phenoxy) is 2. The predicted octanol–water partition coefficient (Wildman–Crippen LogP) is 2.41. The smallest absolute Gasteiger partial charge is 0.316 e. The normalized spacial score (nSPS) is 26.7. The number of carbonyl (C=O) groups is 4. The molecule has 1 aromatic heterocycles. The molecule has 3 N–H and O–H groups in total. The van der Waals surface area contributed by atoms with Crippen LogP contribution in [0.15, 0.2) is 36.4 Å². The number of esters is 1. The number of cyclic esters (lactones) is 1. The minimum atomic E-state index is -1.29. The number of hydrogen-bond donors (Lipinski definition) is 3. The van der Waals surface area contributed by atoms with E-state index in [4.69, 9.17) is 14.5 Å². The van der Waals surface area contributed by atoms with E-state index in [-0.39, 0.29) is 11.9 Å². The summed E-state index contributed by atoms with van der Waals surface area (Å²) in [5, 5.41) is 7.94. The van der Waals surface area contributed by atoms with Crippen LogP contribution in [0.25, 0.3) is 17.0 Å². The molecule has 2 aromatic rings. The fraction of sp³-hybridized carbons (Fsp3) is 0.500. The van der Waals surface area contributed by atoms with Crippen molar-refractivity contribution in [3.05, 3.63) is 47.7 Å². The van der Waals surface area contributed by atoms with Crippen molar-refractivity contribution in [2.45, 2.75) is 77.8 Å². The zero-order valence-corrected chi connectivity index (χ0v) is 24.4. The van der Waals surface area contributed by atoms with E-state index in [0.717, 1.165) is 16.5 Å². The van der Waals surface area contributed by atoms with Gasteiger partial charge in [-0.25, -0.2) is 5.43 Å². The maximum Gasteiger partial charge on any atom is 0.316 e. The second-order valence-electron chi connectivity index (χ2n) is 11.3. The number of hydrazine groups is 1. The van der Waals surface area contributed by atoms with Gasteiger partial charge in [0.1, 0.15) is 18.2 Å². The average molecular weight is 566 g/mol. The lowest BCUT2D eigenvalue weighted by Crippen LogP contribution is -2.61. The molecule has 0 aliphatic carbocycles. The Morgan fingerprint density at radius 2 is 1.76 bits per heavy atom. The Bertz CT molecular complexity index is 1360. The first-order chi connectivity index (χ1) is 19.4. The van der Waals surface area contributed by atoms with Crippen molar-refractivity contribution in [3.8, 4) is 0 Å². The minimum absolute atomic E-state index is 0.251. The Hall–Kier alpha value is -3.83. The van der Waals surface area contributed by atoms with Crippen molar-refractivity contribution in [2.75, 3.05) is 13.7 Å². The summed E-state index contributed by atoms with van der Waals surface area (Å²) in [6, 6.07) is 7.64. The molecule has 0 unspecified atom stereocenters. The van der Waals surface area contributed by atoms with Gasteiger partial charge in [-0.05, 0) is 65.2 Å². The second-order valence-corrected chi connectivity index (χ2v) is 11.3. The first-order valence-corrected chi connectivity index (χ1v) is 13.9. The lowest BCUT2D eigenvalue weighted by atomic mass is 9.92. The zero-order chi connectivity index (χ0) is 29.9. The number of benzene rings is 1. The quantitative estimate of drug-likeness (QED) is 0.472. The fourth-order valence-electron chi connectivity index (χ4n) is 4.73. The van der Waals surface area contributed by atoms with Crippen molar-refractivity contribution >= 4 is 40.7 Å². The molecule has 220 valence electrons. The van der Waals surface area contributed by atoms with Gasteiger partial charge in [-0.1, -0.05) is 30.4 Å². The van der Waals surface area contributed by atoms with Crippen LogP contribution >= 0.6 is 0 Å². The van der Waals surface area contributed by atoms with Crippen LogP contribution in [0.3, 0.4) is 0 Å². The Morgan fingerprint density at radius 1 is 1.05 bits per heavy atom. The molecule has 3 heterocycles. The number of rotatable bonds is 2. The van der Waals surface area contributed by atoms with E-state index in [1.54, 1.807) is 39.8 Å². The maximum absolute atomic E-state index is 13.2. The second kappa shape index (κ2) is 12.4. The number of pyridine rings is 1. The topological polar surface area (TPSA) is 139 Å². The molecule has 0 spiro atoms. The SMILES string of the molecule is CO[C@H](C)[C@@H]1OC(=O)C(C)(C)C=Cc2ccc3ccc(nc3c2)[C@@H](C)NC(=O)[C@@H]2CCCN(N2)C(=O)[C@H](C)NC1=O. The molecular formula is C30H39N5O6. The van der Waals surface area contributed by atoms with Crippen molar-refractivity contribution in [3.63, 3.8) is 0 Å². The van der Waals surface area contributed by atoms with E-state index in [0.29, 0.717) is 25.1 Å². The van der Waals surface area contributed by atoms with Crippen molar-refractivity contribution in [1.82, 2.24) is 26.1 Å². The molecule has 0 radical (unpaired) electrons. The summed E-state index contributed by atoms with van der Waals surface area (Å²) in [6.07, 6.45) is 2.60. The predicted molar refractivity (Wildman–Crippen MR) is 153 cm³/mol. The summed E-state index contributed by atoms with van der Waals surface area (Å²) in [4.78, 5) is 57.6. The van der Waals surface area contributed by atoms with Crippen LogP contribution < -0.4 is 16.1 Å². The third-order valence-electron chi connectivity index (χ3n) is 7.55. The lowest BCUT2D eigenvalue weighted by molar-refractivity contribution is -0.170. The molecule has 4 rings (SSSR count). The van der Waals surface area contributed by atoms with Gasteiger partial charge in [0.2, 0.25) is 12.0 Å². The van der Waals surface area contributed by atoms with E-state index in [9.17, 15) is 19.2 Å². The molecule has 5 atom stereocenters. The summed E-state index contributed by atoms with van der Waals surface area (Å²) in [6.45, 7) is 8.78. The Balaban J connectivity index is 1.71. The lowest BCUT2D eigenvalue weighted by Gasteiger charge is -2.35. The molecule has 2 aliphatic rings. The standard InChI is InChI=1S/C30H39N5O6/c1-17-22-12-11-21-10-9-20(16-24(21)33-22)13-14-30(4,5)29(39)41-25(19(3)40-6)27(37)32-18(2)28(38)35-15-7-8-23(34-35)26(36)31-17/h9-14,16-19,23,25,34H,7-8,15H2,1-6H3,(H,31,36)(H,32,37)/t17-,18+,19-,23+,25+/m1/s1. The van der Waals surface area contributed by atoms with Crippen LogP contribution in [0.4, 0.5) is 0 Å². The summed E-state index contributed by atoms with van der Waals surface area (Å²) in [5.74, 6) is -1.95. The summed E-state index contributed by atoms with van der Waals surface area (Å²) in [5.41, 5.74) is 4.18. The van der Waals surface area contributed by atoms with Gasteiger partial charge in [-0.2, -0.15) is 0 Å². The highest BCUT2D eigenvalue weighted by Gasteiger charge is 2.37. The first kappa shape index (κ1) is 30.1. The van der Waals surface area contributed by atoms with Crippen LogP contribution in [-0.2, 0) is 28.7 Å². The molecule has 0 saturated carbocycles. The highest BCUT2D eigenvalue weighted by Crippen LogP contribution is 2.25. The van der Waals surface area contributed by atoms with E-state index in [1.807, 2.05) is 37.3 Å². The Labute approximate surface area is 240 Å². The molecule has 1 saturated heterocycles. The van der Waals surface area contributed by atoms with E-state index in [1.165, 1.54) is 12.1 Å². The van der Waals surface area contributed by atoms with Gasteiger partial charge < -0.3 is 20.1 Å². The van der Waals surface area contributed by atoms with Crippen LogP contribution in [0, 0.1) is 5.41 Å². The van der Waals surface area contributed by atoms with Gasteiger partial charge in [-0.15, -0.1) is 0 Å². The van der Waals surface area contributed by atoms with Gasteiger partial charge in [0, 0.05) is 19.0 Å².